The Hall–Kier alpha value is -1.47. The predicted octanol–water partition coefficient (Wildman–Crippen LogP) is 2.22. The van der Waals surface area contributed by atoms with Gasteiger partial charge in [-0.3, -0.25) is 14.9 Å². The van der Waals surface area contributed by atoms with Gasteiger partial charge in [0.2, 0.25) is 0 Å². The van der Waals surface area contributed by atoms with Gasteiger partial charge in [0, 0.05) is 29.7 Å². The fraction of sp³-hybridized carbons (Fsp3) is 0.417. The van der Waals surface area contributed by atoms with Gasteiger partial charge in [0.05, 0.1) is 23.2 Å². The number of non-ortho nitro benzene ring substituents is 1. The first-order valence-corrected chi connectivity index (χ1v) is 6.63. The van der Waals surface area contributed by atoms with Crippen LogP contribution >= 0.6 is 15.9 Å². The fourth-order valence-electron chi connectivity index (χ4n) is 1.96. The summed E-state index contributed by atoms with van der Waals surface area (Å²) in [6.07, 6.45) is 0.00882. The van der Waals surface area contributed by atoms with Crippen LogP contribution in [0.4, 0.5) is 5.69 Å². The highest BCUT2D eigenvalue weighted by atomic mass is 79.9. The molecule has 0 bridgehead atoms. The summed E-state index contributed by atoms with van der Waals surface area (Å²) in [6, 6.07) is 4.16. The van der Waals surface area contributed by atoms with Crippen LogP contribution in [0.15, 0.2) is 22.7 Å². The molecule has 1 heterocycles. The van der Waals surface area contributed by atoms with Crippen LogP contribution in [0, 0.1) is 10.1 Å². The molecule has 19 heavy (non-hydrogen) atoms. The zero-order chi connectivity index (χ0) is 14.0. The van der Waals surface area contributed by atoms with Crippen molar-refractivity contribution < 1.29 is 14.5 Å². The second-order valence-electron chi connectivity index (χ2n) is 4.35. The van der Waals surface area contributed by atoms with E-state index in [1.165, 1.54) is 18.2 Å². The van der Waals surface area contributed by atoms with E-state index < -0.39 is 4.92 Å². The SMILES string of the molecule is CC1CN(C(=O)c2ccc([N+](=O)[O-])cc2Br)CCO1. The number of amides is 1. The Balaban J connectivity index is 2.21. The van der Waals surface area contributed by atoms with Gasteiger partial charge in [-0.05, 0) is 28.9 Å². The topological polar surface area (TPSA) is 72.7 Å². The van der Waals surface area contributed by atoms with Crippen molar-refractivity contribution in [3.63, 3.8) is 0 Å². The zero-order valence-electron chi connectivity index (χ0n) is 10.3. The molecule has 1 atom stereocenters. The van der Waals surface area contributed by atoms with Crippen LogP contribution in [0.25, 0.3) is 0 Å². The second-order valence-corrected chi connectivity index (χ2v) is 5.21. The van der Waals surface area contributed by atoms with E-state index in [1.807, 2.05) is 6.92 Å². The number of nitro benzene ring substituents is 1. The van der Waals surface area contributed by atoms with Gasteiger partial charge in [-0.1, -0.05) is 0 Å². The minimum absolute atomic E-state index is 0.00882. The first kappa shape index (κ1) is 14.0. The Labute approximate surface area is 118 Å². The Morgan fingerprint density at radius 1 is 1.58 bits per heavy atom. The number of nitro groups is 1. The molecule has 0 N–H and O–H groups in total. The molecule has 0 saturated carbocycles. The average Bonchev–Trinajstić information content (AvgIpc) is 2.37. The number of rotatable bonds is 2. The highest BCUT2D eigenvalue weighted by molar-refractivity contribution is 9.10. The number of halogens is 1. The molecule has 1 fully saturated rings. The maximum atomic E-state index is 12.3. The van der Waals surface area contributed by atoms with Crippen LogP contribution in [0.5, 0.6) is 0 Å². The Kier molecular flexibility index (Phi) is 4.16. The maximum absolute atomic E-state index is 12.3. The third kappa shape index (κ3) is 3.10. The van der Waals surface area contributed by atoms with Crippen LogP contribution < -0.4 is 0 Å². The first-order valence-electron chi connectivity index (χ1n) is 5.84. The minimum atomic E-state index is -0.490. The minimum Gasteiger partial charge on any atom is -0.375 e. The molecule has 6 nitrogen and oxygen atoms in total. The first-order chi connectivity index (χ1) is 8.99. The lowest BCUT2D eigenvalue weighted by Crippen LogP contribution is -2.44. The van der Waals surface area contributed by atoms with Gasteiger partial charge in [-0.25, -0.2) is 0 Å². The molecule has 1 aliphatic rings. The summed E-state index contributed by atoms with van der Waals surface area (Å²) in [7, 11) is 0. The largest absolute Gasteiger partial charge is 0.375 e. The van der Waals surface area contributed by atoms with Gasteiger partial charge in [0.15, 0.2) is 0 Å². The van der Waals surface area contributed by atoms with E-state index in [2.05, 4.69) is 15.9 Å². The molecule has 1 aliphatic heterocycles. The van der Waals surface area contributed by atoms with Gasteiger partial charge in [0.1, 0.15) is 0 Å². The van der Waals surface area contributed by atoms with Crippen LogP contribution in [0.1, 0.15) is 17.3 Å². The van der Waals surface area contributed by atoms with Crippen molar-refractivity contribution >= 4 is 27.5 Å². The smallest absolute Gasteiger partial charge is 0.270 e. The molecule has 102 valence electrons. The van der Waals surface area contributed by atoms with Gasteiger partial charge < -0.3 is 9.64 Å². The van der Waals surface area contributed by atoms with Crippen LogP contribution in [-0.2, 0) is 4.74 Å². The number of carbonyl (C=O) groups excluding carboxylic acids is 1. The molecular weight excluding hydrogens is 316 g/mol. The molecule has 0 aromatic heterocycles. The average molecular weight is 329 g/mol. The maximum Gasteiger partial charge on any atom is 0.270 e. The van der Waals surface area contributed by atoms with Crippen molar-refractivity contribution in [2.24, 2.45) is 0 Å². The zero-order valence-corrected chi connectivity index (χ0v) is 11.9. The number of ether oxygens (including phenoxy) is 1. The van der Waals surface area contributed by atoms with E-state index in [0.717, 1.165) is 0 Å². The highest BCUT2D eigenvalue weighted by Crippen LogP contribution is 2.24. The third-order valence-electron chi connectivity index (χ3n) is 2.92. The lowest BCUT2D eigenvalue weighted by Gasteiger charge is -2.31. The summed E-state index contributed by atoms with van der Waals surface area (Å²) >= 11 is 3.21. The Bertz CT molecular complexity index is 520. The van der Waals surface area contributed by atoms with Crippen molar-refractivity contribution in [2.45, 2.75) is 13.0 Å². The number of hydrogen-bond acceptors (Lipinski definition) is 4. The molecule has 1 saturated heterocycles. The molecule has 0 spiro atoms. The van der Waals surface area contributed by atoms with Crippen molar-refractivity contribution in [1.82, 2.24) is 4.90 Å². The van der Waals surface area contributed by atoms with Crippen LogP contribution in [-0.4, -0.2) is 41.5 Å². The van der Waals surface area contributed by atoms with E-state index in [1.54, 1.807) is 4.90 Å². The molecule has 1 aromatic carbocycles. The number of benzene rings is 1. The monoisotopic (exact) mass is 328 g/mol. The lowest BCUT2D eigenvalue weighted by atomic mass is 10.1. The van der Waals surface area contributed by atoms with Gasteiger partial charge >= 0.3 is 0 Å². The molecular formula is C12H13BrN2O4. The highest BCUT2D eigenvalue weighted by Gasteiger charge is 2.24. The van der Waals surface area contributed by atoms with Gasteiger partial charge in [-0.15, -0.1) is 0 Å². The van der Waals surface area contributed by atoms with Crippen molar-refractivity contribution in [2.75, 3.05) is 19.7 Å². The van der Waals surface area contributed by atoms with E-state index in [0.29, 0.717) is 29.7 Å². The summed E-state index contributed by atoms with van der Waals surface area (Å²) in [6.45, 7) is 3.48. The normalized spacial score (nSPS) is 19.3. The molecule has 1 aromatic rings. The Morgan fingerprint density at radius 3 is 2.89 bits per heavy atom. The van der Waals surface area contributed by atoms with E-state index in [-0.39, 0.29) is 17.7 Å². The van der Waals surface area contributed by atoms with E-state index in [9.17, 15) is 14.9 Å². The standard InChI is InChI=1S/C12H13BrN2O4/c1-8-7-14(4-5-19-8)12(16)10-3-2-9(15(17)18)6-11(10)13/h2-3,6,8H,4-5,7H2,1H3. The lowest BCUT2D eigenvalue weighted by molar-refractivity contribution is -0.384. The summed E-state index contributed by atoms with van der Waals surface area (Å²) in [5, 5.41) is 10.7. The predicted molar refractivity (Wildman–Crippen MR) is 72.1 cm³/mol. The fourth-order valence-corrected chi connectivity index (χ4v) is 2.50. The summed E-state index contributed by atoms with van der Waals surface area (Å²) in [5.74, 6) is -0.142. The molecule has 1 amide bonds. The molecule has 2 rings (SSSR count). The van der Waals surface area contributed by atoms with Crippen molar-refractivity contribution in [3.05, 3.63) is 38.3 Å². The summed E-state index contributed by atoms with van der Waals surface area (Å²) < 4.78 is 5.82. The van der Waals surface area contributed by atoms with Crippen LogP contribution in [0.3, 0.4) is 0 Å². The summed E-state index contributed by atoms with van der Waals surface area (Å²) in [5.41, 5.74) is 0.387. The third-order valence-corrected chi connectivity index (χ3v) is 3.58. The second kappa shape index (κ2) is 5.66. The Morgan fingerprint density at radius 2 is 2.32 bits per heavy atom. The number of morpholine rings is 1. The molecule has 0 radical (unpaired) electrons. The van der Waals surface area contributed by atoms with Crippen molar-refractivity contribution in [1.29, 1.82) is 0 Å². The van der Waals surface area contributed by atoms with Gasteiger partial charge in [-0.2, -0.15) is 0 Å². The van der Waals surface area contributed by atoms with E-state index >= 15 is 0 Å². The van der Waals surface area contributed by atoms with E-state index in [4.69, 9.17) is 4.74 Å². The number of carbonyl (C=O) groups is 1. The summed E-state index contributed by atoms with van der Waals surface area (Å²) in [4.78, 5) is 24.2. The van der Waals surface area contributed by atoms with Crippen molar-refractivity contribution in [3.8, 4) is 0 Å². The number of hydrogen-bond donors (Lipinski definition) is 0. The quantitative estimate of drug-likeness (QED) is 0.616. The molecule has 7 heteroatoms. The molecule has 0 aliphatic carbocycles. The molecule has 1 unspecified atom stereocenters. The number of nitrogens with zero attached hydrogens (tertiary/aromatic N) is 2. The van der Waals surface area contributed by atoms with Crippen LogP contribution in [0.2, 0.25) is 0 Å². The van der Waals surface area contributed by atoms with Gasteiger partial charge in [0.25, 0.3) is 11.6 Å².